The van der Waals surface area contributed by atoms with Crippen LogP contribution >= 0.6 is 0 Å². The zero-order valence-corrected chi connectivity index (χ0v) is 45.7. The number of ether oxygens (including phenoxy) is 3. The zero-order chi connectivity index (χ0) is 51.4. The summed E-state index contributed by atoms with van der Waals surface area (Å²) < 4.78 is 16.8. The molecule has 0 saturated carbocycles. The lowest BCUT2D eigenvalue weighted by Crippen LogP contribution is -2.30. The fourth-order valence-corrected chi connectivity index (χ4v) is 7.41. The Labute approximate surface area is 436 Å². The number of allylic oxidation sites excluding steroid dienone is 22. The van der Waals surface area contributed by atoms with E-state index in [1.165, 1.54) is 51.4 Å². The molecule has 0 aliphatic carbocycles. The lowest BCUT2D eigenvalue weighted by atomic mass is 10.1. The highest BCUT2D eigenvalue weighted by molar-refractivity contribution is 5.71. The van der Waals surface area contributed by atoms with Gasteiger partial charge in [0.2, 0.25) is 0 Å². The first-order chi connectivity index (χ1) is 35.0. The molecule has 6 heteroatoms. The minimum atomic E-state index is -0.810. The van der Waals surface area contributed by atoms with Crippen LogP contribution in [0, 0.1) is 0 Å². The summed E-state index contributed by atoms with van der Waals surface area (Å²) >= 11 is 0. The van der Waals surface area contributed by atoms with Crippen molar-refractivity contribution in [2.45, 2.75) is 245 Å². The highest BCUT2D eigenvalue weighted by Crippen LogP contribution is 2.14. The fraction of sp³-hybridized carbons (Fsp3) is 0.615. The van der Waals surface area contributed by atoms with E-state index in [0.717, 1.165) is 141 Å². The smallest absolute Gasteiger partial charge is 0.306 e. The maximum Gasteiger partial charge on any atom is 0.306 e. The van der Waals surface area contributed by atoms with Crippen LogP contribution in [0.1, 0.15) is 239 Å². The number of carbonyl (C=O) groups is 3. The molecule has 0 bridgehead atoms. The van der Waals surface area contributed by atoms with Crippen molar-refractivity contribution in [3.63, 3.8) is 0 Å². The number of hydrogen-bond acceptors (Lipinski definition) is 6. The van der Waals surface area contributed by atoms with Gasteiger partial charge in [-0.1, -0.05) is 238 Å². The second kappa shape index (κ2) is 58.1. The first kappa shape index (κ1) is 66.6. The summed E-state index contributed by atoms with van der Waals surface area (Å²) in [6.45, 7) is 6.34. The van der Waals surface area contributed by atoms with Crippen molar-refractivity contribution in [1.82, 2.24) is 0 Å². The number of hydrogen-bond donors (Lipinski definition) is 0. The molecule has 0 amide bonds. The van der Waals surface area contributed by atoms with Gasteiger partial charge in [-0.05, 0) is 116 Å². The fourth-order valence-electron chi connectivity index (χ4n) is 7.41. The van der Waals surface area contributed by atoms with Crippen LogP contribution in [0.2, 0.25) is 0 Å². The molecule has 0 aromatic rings. The predicted octanol–water partition coefficient (Wildman–Crippen LogP) is 19.4. The van der Waals surface area contributed by atoms with Crippen LogP contribution in [0.5, 0.6) is 0 Å². The van der Waals surface area contributed by atoms with Crippen LogP contribution < -0.4 is 0 Å². The van der Waals surface area contributed by atoms with E-state index in [-0.39, 0.29) is 31.1 Å². The van der Waals surface area contributed by atoms with Crippen molar-refractivity contribution in [2.24, 2.45) is 0 Å². The molecule has 400 valence electrons. The molecule has 0 aliphatic rings. The largest absolute Gasteiger partial charge is 0.462 e. The van der Waals surface area contributed by atoms with Crippen molar-refractivity contribution in [2.75, 3.05) is 13.2 Å². The lowest BCUT2D eigenvalue weighted by Gasteiger charge is -2.18. The van der Waals surface area contributed by atoms with Gasteiger partial charge in [0.1, 0.15) is 13.2 Å². The van der Waals surface area contributed by atoms with E-state index >= 15 is 0 Å². The van der Waals surface area contributed by atoms with Crippen molar-refractivity contribution in [1.29, 1.82) is 0 Å². The van der Waals surface area contributed by atoms with E-state index in [1.807, 2.05) is 0 Å². The Balaban J connectivity index is 4.49. The molecular weight excluding hydrogens is 877 g/mol. The highest BCUT2D eigenvalue weighted by atomic mass is 16.6. The van der Waals surface area contributed by atoms with Gasteiger partial charge in [-0.25, -0.2) is 0 Å². The summed E-state index contributed by atoms with van der Waals surface area (Å²) in [5.74, 6) is -0.972. The zero-order valence-electron chi connectivity index (χ0n) is 45.7. The monoisotopic (exact) mass is 981 g/mol. The molecule has 0 N–H and O–H groups in total. The maximum absolute atomic E-state index is 12.9. The Morgan fingerprint density at radius 3 is 0.887 bits per heavy atom. The standard InChI is InChI=1S/C65H104O6/c1-4-7-10-13-16-19-22-24-26-28-30-32-34-36-38-40-43-46-49-52-55-58-64(67)70-61-62(60-69-63(66)57-54-51-48-45-42-21-18-15-12-9-6-3)71-65(68)59-56-53-50-47-44-41-39-37-35-33-31-29-27-25-23-20-17-14-11-8-5-2/h7-8,10-11,16-17,19-20,24-27,30-33,36-39,43,46,62H,4-6,9,12-15,18,21-23,28-29,34-35,40-42,44-45,47-61H2,1-3H3/b10-7-,11-8-,19-16-,20-17-,26-24-,27-25-,32-30-,33-31-,38-36-,39-37-,46-43-. The van der Waals surface area contributed by atoms with Crippen LogP contribution in [0.4, 0.5) is 0 Å². The Morgan fingerprint density at radius 1 is 0.296 bits per heavy atom. The maximum atomic E-state index is 12.9. The Morgan fingerprint density at radius 2 is 0.549 bits per heavy atom. The number of carbonyl (C=O) groups excluding carboxylic acids is 3. The van der Waals surface area contributed by atoms with E-state index in [1.54, 1.807) is 0 Å². The second-order valence-electron chi connectivity index (χ2n) is 18.4. The SMILES string of the molecule is CC/C=C\C/C=C\C/C=C\C/C=C\C/C=C\C/C=C\CCCCC(=O)OCC(COC(=O)CCCCCCCCCCCCC)OC(=O)CCCCCCC/C=C\C/C=C\C/C=C\C/C=C\C/C=C\CC. The molecule has 0 fully saturated rings. The summed E-state index contributed by atoms with van der Waals surface area (Å²) in [4.78, 5) is 38.1. The van der Waals surface area contributed by atoms with Gasteiger partial charge in [-0.3, -0.25) is 14.4 Å². The second-order valence-corrected chi connectivity index (χ2v) is 18.4. The lowest BCUT2D eigenvalue weighted by molar-refractivity contribution is -0.167. The topological polar surface area (TPSA) is 78.9 Å². The van der Waals surface area contributed by atoms with Crippen LogP contribution in [-0.2, 0) is 28.6 Å². The average molecular weight is 982 g/mol. The van der Waals surface area contributed by atoms with Crippen molar-refractivity contribution in [3.05, 3.63) is 134 Å². The van der Waals surface area contributed by atoms with Gasteiger partial charge in [0.15, 0.2) is 6.10 Å². The molecular formula is C65H104O6. The predicted molar refractivity (Wildman–Crippen MR) is 306 cm³/mol. The summed E-state index contributed by atoms with van der Waals surface area (Å²) in [5.41, 5.74) is 0. The minimum Gasteiger partial charge on any atom is -0.462 e. The summed E-state index contributed by atoms with van der Waals surface area (Å²) in [6, 6.07) is 0. The minimum absolute atomic E-state index is 0.103. The quantitative estimate of drug-likeness (QED) is 0.0262. The third kappa shape index (κ3) is 56.3. The molecule has 71 heavy (non-hydrogen) atoms. The van der Waals surface area contributed by atoms with E-state index in [2.05, 4.69) is 154 Å². The van der Waals surface area contributed by atoms with Crippen molar-refractivity contribution in [3.8, 4) is 0 Å². The molecule has 0 aliphatic heterocycles. The molecule has 0 spiro atoms. The van der Waals surface area contributed by atoms with Gasteiger partial charge in [-0.2, -0.15) is 0 Å². The molecule has 6 nitrogen and oxygen atoms in total. The summed E-state index contributed by atoms with van der Waals surface area (Å²) in [5, 5.41) is 0. The summed E-state index contributed by atoms with van der Waals surface area (Å²) in [7, 11) is 0. The normalized spacial score (nSPS) is 13.1. The molecule has 0 aromatic heterocycles. The average Bonchev–Trinajstić information content (AvgIpc) is 3.37. The van der Waals surface area contributed by atoms with E-state index in [9.17, 15) is 14.4 Å². The van der Waals surface area contributed by atoms with Gasteiger partial charge in [-0.15, -0.1) is 0 Å². The van der Waals surface area contributed by atoms with E-state index in [4.69, 9.17) is 14.2 Å². The van der Waals surface area contributed by atoms with Gasteiger partial charge >= 0.3 is 17.9 Å². The number of rotatable bonds is 50. The van der Waals surface area contributed by atoms with Gasteiger partial charge in [0.05, 0.1) is 0 Å². The van der Waals surface area contributed by atoms with Crippen LogP contribution in [0.3, 0.4) is 0 Å². The van der Waals surface area contributed by atoms with E-state index in [0.29, 0.717) is 25.7 Å². The molecule has 0 saturated heterocycles. The molecule has 1 unspecified atom stereocenters. The van der Waals surface area contributed by atoms with Gasteiger partial charge in [0.25, 0.3) is 0 Å². The van der Waals surface area contributed by atoms with Gasteiger partial charge in [0, 0.05) is 19.3 Å². The third-order valence-corrected chi connectivity index (χ3v) is 11.7. The number of unbranched alkanes of at least 4 members (excludes halogenated alkanes) is 17. The van der Waals surface area contributed by atoms with Crippen molar-refractivity contribution >= 4 is 17.9 Å². The van der Waals surface area contributed by atoms with E-state index < -0.39 is 6.10 Å². The van der Waals surface area contributed by atoms with Crippen LogP contribution in [0.15, 0.2) is 134 Å². The molecule has 0 heterocycles. The molecule has 1 atom stereocenters. The first-order valence-electron chi connectivity index (χ1n) is 28.7. The molecule has 0 aromatic carbocycles. The Bertz CT molecular complexity index is 1550. The number of esters is 3. The Kier molecular flexibility index (Phi) is 54.5. The highest BCUT2D eigenvalue weighted by Gasteiger charge is 2.19. The van der Waals surface area contributed by atoms with Crippen LogP contribution in [-0.4, -0.2) is 37.2 Å². The first-order valence-corrected chi connectivity index (χ1v) is 28.7. The third-order valence-electron chi connectivity index (χ3n) is 11.7. The van der Waals surface area contributed by atoms with Crippen LogP contribution in [0.25, 0.3) is 0 Å². The Hall–Kier alpha value is -4.45. The molecule has 0 radical (unpaired) electrons. The van der Waals surface area contributed by atoms with Gasteiger partial charge < -0.3 is 14.2 Å². The van der Waals surface area contributed by atoms with Crippen molar-refractivity contribution < 1.29 is 28.6 Å². The molecule has 0 rings (SSSR count). The summed E-state index contributed by atoms with van der Waals surface area (Å²) in [6.07, 6.45) is 81.5.